The number of amides is 1. The maximum absolute atomic E-state index is 12.7. The van der Waals surface area contributed by atoms with Crippen LogP contribution in [-0.4, -0.2) is 33.4 Å². The number of carboxylic acids is 1. The number of pyridine rings is 1. The molecule has 0 fully saturated rings. The molecule has 0 radical (unpaired) electrons. The van der Waals surface area contributed by atoms with Gasteiger partial charge in [0.1, 0.15) is 11.5 Å². The van der Waals surface area contributed by atoms with Crippen LogP contribution in [0.4, 0.5) is 0 Å². The smallest absolute Gasteiger partial charge is 0.331 e. The number of aryl methyl sites for hydroxylation is 2. The molecule has 0 aliphatic carbocycles. The van der Waals surface area contributed by atoms with Crippen molar-refractivity contribution in [3.8, 4) is 0 Å². The van der Waals surface area contributed by atoms with Gasteiger partial charge in [0.05, 0.1) is 6.26 Å². The lowest BCUT2D eigenvalue weighted by atomic mass is 9.99. The van der Waals surface area contributed by atoms with Crippen molar-refractivity contribution in [3.05, 3.63) is 52.7 Å². The number of hydrogen-bond acceptors (Lipinski definition) is 4. The van der Waals surface area contributed by atoms with E-state index in [-0.39, 0.29) is 11.6 Å². The Morgan fingerprint density at radius 3 is 2.82 bits per heavy atom. The lowest BCUT2D eigenvalue weighted by molar-refractivity contribution is -0.143. The summed E-state index contributed by atoms with van der Waals surface area (Å²) < 4.78 is 5.29. The van der Waals surface area contributed by atoms with Crippen LogP contribution >= 0.6 is 0 Å². The number of aromatic nitrogens is 1. The molecular weight excluding hydrogens is 284 g/mol. The molecule has 0 saturated carbocycles. The molecule has 1 aliphatic rings. The van der Waals surface area contributed by atoms with Gasteiger partial charge in [-0.1, -0.05) is 0 Å². The molecule has 0 spiro atoms. The third kappa shape index (κ3) is 2.36. The highest BCUT2D eigenvalue weighted by Crippen LogP contribution is 2.31. The quantitative estimate of drug-likeness (QED) is 0.918. The van der Waals surface area contributed by atoms with Crippen LogP contribution in [0.25, 0.3) is 0 Å². The lowest BCUT2D eigenvalue weighted by Crippen LogP contribution is -2.43. The number of fused-ring (bicyclic) bond motifs is 1. The molecule has 1 N–H and O–H groups in total. The Labute approximate surface area is 127 Å². The molecule has 1 unspecified atom stereocenters. The summed E-state index contributed by atoms with van der Waals surface area (Å²) in [7, 11) is 0. The van der Waals surface area contributed by atoms with Crippen molar-refractivity contribution < 1.29 is 19.1 Å². The zero-order chi connectivity index (χ0) is 15.9. The van der Waals surface area contributed by atoms with E-state index in [0.29, 0.717) is 24.3 Å². The third-order valence-electron chi connectivity index (χ3n) is 3.78. The van der Waals surface area contributed by atoms with Gasteiger partial charge < -0.3 is 14.4 Å². The van der Waals surface area contributed by atoms with Crippen molar-refractivity contribution in [1.82, 2.24) is 9.88 Å². The van der Waals surface area contributed by atoms with E-state index in [2.05, 4.69) is 4.98 Å². The molecule has 0 bridgehead atoms. The van der Waals surface area contributed by atoms with Crippen molar-refractivity contribution in [2.75, 3.05) is 6.54 Å². The minimum absolute atomic E-state index is 0.274. The molecule has 2 aromatic heterocycles. The zero-order valence-electron chi connectivity index (χ0n) is 12.4. The first kappa shape index (κ1) is 14.3. The monoisotopic (exact) mass is 300 g/mol. The van der Waals surface area contributed by atoms with Crippen molar-refractivity contribution in [3.63, 3.8) is 0 Å². The van der Waals surface area contributed by atoms with Crippen molar-refractivity contribution in [2.45, 2.75) is 26.3 Å². The number of carbonyl (C=O) groups excluding carboxylic acids is 1. The molecule has 1 atom stereocenters. The molecule has 22 heavy (non-hydrogen) atoms. The second kappa shape index (κ2) is 5.29. The number of nitrogens with zero attached hydrogens (tertiary/aromatic N) is 2. The molecule has 1 aliphatic heterocycles. The zero-order valence-corrected chi connectivity index (χ0v) is 12.4. The van der Waals surface area contributed by atoms with Gasteiger partial charge in [-0.05, 0) is 37.6 Å². The predicted molar refractivity (Wildman–Crippen MR) is 77.5 cm³/mol. The number of furan rings is 1. The van der Waals surface area contributed by atoms with E-state index >= 15 is 0 Å². The lowest BCUT2D eigenvalue weighted by Gasteiger charge is -2.32. The Morgan fingerprint density at radius 1 is 1.36 bits per heavy atom. The van der Waals surface area contributed by atoms with Gasteiger partial charge in [0.2, 0.25) is 0 Å². The molecule has 0 aromatic carbocycles. The summed E-state index contributed by atoms with van der Waals surface area (Å²) in [4.78, 5) is 29.9. The van der Waals surface area contributed by atoms with Crippen LogP contribution < -0.4 is 0 Å². The van der Waals surface area contributed by atoms with E-state index in [1.807, 2.05) is 19.9 Å². The highest BCUT2D eigenvalue weighted by molar-refractivity contribution is 5.95. The average Bonchev–Trinajstić information content (AvgIpc) is 2.92. The van der Waals surface area contributed by atoms with Gasteiger partial charge in [0.15, 0.2) is 6.04 Å². The summed E-state index contributed by atoms with van der Waals surface area (Å²) >= 11 is 0. The summed E-state index contributed by atoms with van der Waals surface area (Å²) in [6.45, 7) is 3.98. The molecule has 2 aromatic rings. The molecule has 0 saturated heterocycles. The van der Waals surface area contributed by atoms with Crippen molar-refractivity contribution >= 4 is 11.9 Å². The van der Waals surface area contributed by atoms with Crippen LogP contribution in [0, 0.1) is 13.8 Å². The van der Waals surface area contributed by atoms with Crippen LogP contribution in [-0.2, 0) is 11.2 Å². The number of carboxylic acid groups (broad SMARTS) is 1. The normalized spacial score (nSPS) is 17.2. The van der Waals surface area contributed by atoms with Gasteiger partial charge in [-0.25, -0.2) is 9.78 Å². The van der Waals surface area contributed by atoms with E-state index in [1.165, 1.54) is 11.2 Å². The Bertz CT molecular complexity index is 730. The number of hydrogen-bond donors (Lipinski definition) is 1. The number of carbonyl (C=O) groups is 2. The first-order valence-electron chi connectivity index (χ1n) is 7.02. The van der Waals surface area contributed by atoms with E-state index in [4.69, 9.17) is 4.42 Å². The number of rotatable bonds is 2. The van der Waals surface area contributed by atoms with Gasteiger partial charge in [-0.3, -0.25) is 4.79 Å². The Morgan fingerprint density at radius 2 is 2.14 bits per heavy atom. The van der Waals surface area contributed by atoms with Crippen LogP contribution in [0.2, 0.25) is 0 Å². The third-order valence-corrected chi connectivity index (χ3v) is 3.78. The summed E-state index contributed by atoms with van der Waals surface area (Å²) in [5.74, 6) is -0.809. The molecule has 3 heterocycles. The second-order valence-corrected chi connectivity index (χ2v) is 5.46. The van der Waals surface area contributed by atoms with E-state index in [1.54, 1.807) is 12.1 Å². The Hall–Kier alpha value is -2.63. The van der Waals surface area contributed by atoms with Crippen molar-refractivity contribution in [1.29, 1.82) is 0 Å². The summed E-state index contributed by atoms with van der Waals surface area (Å²) in [5, 5.41) is 9.52. The standard InChI is InChI=1S/C16H16N2O4/c1-9-7-10(2)17-12(8-9)15(19)18-5-3-13-11(4-6-22-13)14(18)16(20)21/h4,6-8,14H,3,5H2,1-2H3,(H,20,21). The van der Waals surface area contributed by atoms with Gasteiger partial charge in [0.25, 0.3) is 5.91 Å². The fraction of sp³-hybridized carbons (Fsp3) is 0.312. The van der Waals surface area contributed by atoms with Crippen LogP contribution in [0.3, 0.4) is 0 Å². The molecule has 1 amide bonds. The van der Waals surface area contributed by atoms with E-state index < -0.39 is 12.0 Å². The van der Waals surface area contributed by atoms with Gasteiger partial charge in [0, 0.05) is 24.2 Å². The summed E-state index contributed by atoms with van der Waals surface area (Å²) in [5.41, 5.74) is 2.46. The minimum atomic E-state index is -1.07. The van der Waals surface area contributed by atoms with Gasteiger partial charge in [-0.15, -0.1) is 0 Å². The second-order valence-electron chi connectivity index (χ2n) is 5.46. The van der Waals surface area contributed by atoms with E-state index in [0.717, 1.165) is 11.3 Å². The first-order valence-corrected chi connectivity index (χ1v) is 7.02. The highest BCUT2D eigenvalue weighted by Gasteiger charge is 2.38. The largest absolute Gasteiger partial charge is 0.479 e. The maximum Gasteiger partial charge on any atom is 0.331 e. The highest BCUT2D eigenvalue weighted by atomic mass is 16.4. The van der Waals surface area contributed by atoms with Crippen LogP contribution in [0.1, 0.15) is 39.1 Å². The molecule has 3 rings (SSSR count). The first-order chi connectivity index (χ1) is 10.5. The SMILES string of the molecule is Cc1cc(C)nc(C(=O)N2CCc3occc3C2C(=O)O)c1. The Balaban J connectivity index is 2.00. The van der Waals surface area contributed by atoms with E-state index in [9.17, 15) is 14.7 Å². The maximum atomic E-state index is 12.7. The number of aliphatic carboxylic acids is 1. The van der Waals surface area contributed by atoms with Crippen molar-refractivity contribution in [2.24, 2.45) is 0 Å². The minimum Gasteiger partial charge on any atom is -0.479 e. The summed E-state index contributed by atoms with van der Waals surface area (Å²) in [6.07, 6.45) is 1.96. The molecule has 6 nitrogen and oxygen atoms in total. The summed E-state index contributed by atoms with van der Waals surface area (Å²) in [6, 6.07) is 4.13. The molecule has 114 valence electrons. The topological polar surface area (TPSA) is 83.6 Å². The average molecular weight is 300 g/mol. The van der Waals surface area contributed by atoms with Crippen LogP contribution in [0.15, 0.2) is 28.9 Å². The molecular formula is C16H16N2O4. The molecule has 6 heteroatoms. The fourth-order valence-corrected chi connectivity index (χ4v) is 2.90. The van der Waals surface area contributed by atoms with Gasteiger partial charge in [-0.2, -0.15) is 0 Å². The van der Waals surface area contributed by atoms with Gasteiger partial charge >= 0.3 is 5.97 Å². The van der Waals surface area contributed by atoms with Crippen LogP contribution in [0.5, 0.6) is 0 Å². The Kier molecular flexibility index (Phi) is 3.44. The predicted octanol–water partition coefficient (Wildman–Crippen LogP) is 2.12. The fourth-order valence-electron chi connectivity index (χ4n) is 2.90.